The number of hydrogen-bond acceptors (Lipinski definition) is 3. The number of barbiturate groups is 1. The molecule has 1 N–H and O–H groups in total. The number of carbonyl (C=O) groups is 3. The third kappa shape index (κ3) is 3.00. The molecule has 2 aromatic rings. The Morgan fingerprint density at radius 2 is 1.70 bits per heavy atom. The third-order valence-corrected chi connectivity index (χ3v) is 3.51. The van der Waals surface area contributed by atoms with Crippen LogP contribution in [0.5, 0.6) is 0 Å². The first kappa shape index (κ1) is 15.0. The number of para-hydroxylation sites is 1. The minimum atomic E-state index is -0.769. The van der Waals surface area contributed by atoms with E-state index in [4.69, 9.17) is 11.6 Å². The molecule has 1 saturated heterocycles. The van der Waals surface area contributed by atoms with Gasteiger partial charge in [0, 0.05) is 5.02 Å². The second-order valence-electron chi connectivity index (χ2n) is 4.85. The Hall–Kier alpha value is -2.92. The molecule has 1 fully saturated rings. The summed E-state index contributed by atoms with van der Waals surface area (Å²) >= 11 is 5.90. The monoisotopic (exact) mass is 326 g/mol. The molecular formula is C17H11ClN2O3. The van der Waals surface area contributed by atoms with E-state index >= 15 is 0 Å². The van der Waals surface area contributed by atoms with Gasteiger partial charge in [-0.15, -0.1) is 0 Å². The lowest BCUT2D eigenvalue weighted by atomic mass is 10.1. The molecule has 5 nitrogen and oxygen atoms in total. The van der Waals surface area contributed by atoms with Gasteiger partial charge >= 0.3 is 6.03 Å². The summed E-state index contributed by atoms with van der Waals surface area (Å²) < 4.78 is 0. The van der Waals surface area contributed by atoms with Crippen molar-refractivity contribution < 1.29 is 14.4 Å². The van der Waals surface area contributed by atoms with Crippen LogP contribution in [0.4, 0.5) is 10.5 Å². The fourth-order valence-electron chi connectivity index (χ4n) is 2.23. The molecule has 1 heterocycles. The summed E-state index contributed by atoms with van der Waals surface area (Å²) in [5.41, 5.74) is 0.855. The highest BCUT2D eigenvalue weighted by Gasteiger charge is 2.36. The van der Waals surface area contributed by atoms with Crippen molar-refractivity contribution in [2.75, 3.05) is 4.90 Å². The van der Waals surface area contributed by atoms with Gasteiger partial charge in [0.2, 0.25) is 0 Å². The molecule has 3 rings (SSSR count). The van der Waals surface area contributed by atoms with Crippen molar-refractivity contribution in [1.29, 1.82) is 0 Å². The summed E-state index contributed by atoms with van der Waals surface area (Å²) in [5, 5.41) is 2.65. The molecule has 114 valence electrons. The van der Waals surface area contributed by atoms with Gasteiger partial charge in [0.05, 0.1) is 5.69 Å². The highest BCUT2D eigenvalue weighted by molar-refractivity contribution is 6.39. The Kier molecular flexibility index (Phi) is 3.95. The van der Waals surface area contributed by atoms with Gasteiger partial charge in [-0.1, -0.05) is 41.9 Å². The molecule has 1 aliphatic heterocycles. The van der Waals surface area contributed by atoms with E-state index in [0.717, 1.165) is 4.90 Å². The van der Waals surface area contributed by atoms with Gasteiger partial charge in [-0.05, 0) is 35.9 Å². The van der Waals surface area contributed by atoms with Crippen LogP contribution >= 0.6 is 11.6 Å². The molecule has 23 heavy (non-hydrogen) atoms. The molecule has 0 aromatic heterocycles. The summed E-state index contributed by atoms with van der Waals surface area (Å²) in [4.78, 5) is 37.5. The van der Waals surface area contributed by atoms with Crippen LogP contribution in [0.2, 0.25) is 5.02 Å². The molecule has 0 aliphatic carbocycles. The lowest BCUT2D eigenvalue weighted by Gasteiger charge is -2.26. The Labute approximate surface area is 137 Å². The van der Waals surface area contributed by atoms with Crippen molar-refractivity contribution >= 4 is 41.2 Å². The summed E-state index contributed by atoms with van der Waals surface area (Å²) in [7, 11) is 0. The Balaban J connectivity index is 2.02. The number of rotatable bonds is 2. The highest BCUT2D eigenvalue weighted by Crippen LogP contribution is 2.22. The molecule has 0 atom stereocenters. The second kappa shape index (κ2) is 6.06. The van der Waals surface area contributed by atoms with Crippen molar-refractivity contribution in [3.8, 4) is 0 Å². The lowest BCUT2D eigenvalue weighted by Crippen LogP contribution is -2.54. The second-order valence-corrected chi connectivity index (χ2v) is 5.28. The third-order valence-electron chi connectivity index (χ3n) is 3.28. The first-order valence-electron chi connectivity index (χ1n) is 6.78. The average molecular weight is 327 g/mol. The van der Waals surface area contributed by atoms with E-state index in [0.29, 0.717) is 16.3 Å². The van der Waals surface area contributed by atoms with Crippen LogP contribution in [-0.2, 0) is 9.59 Å². The average Bonchev–Trinajstić information content (AvgIpc) is 2.52. The SMILES string of the molecule is O=C1NC(=O)N(c2ccccc2)C(=O)/C1=C/c1cccc(Cl)c1. The molecule has 0 spiro atoms. The van der Waals surface area contributed by atoms with Crippen LogP contribution in [0.1, 0.15) is 5.56 Å². The zero-order valence-electron chi connectivity index (χ0n) is 11.8. The maximum atomic E-state index is 12.6. The largest absolute Gasteiger partial charge is 0.335 e. The number of amides is 4. The minimum absolute atomic E-state index is 0.129. The van der Waals surface area contributed by atoms with Crippen LogP contribution in [0.25, 0.3) is 6.08 Å². The number of halogens is 1. The number of urea groups is 1. The Morgan fingerprint density at radius 3 is 2.39 bits per heavy atom. The fraction of sp³-hybridized carbons (Fsp3) is 0. The van der Waals surface area contributed by atoms with Crippen LogP contribution in [0.3, 0.4) is 0 Å². The van der Waals surface area contributed by atoms with Crippen molar-refractivity contribution in [3.05, 3.63) is 70.8 Å². The summed E-state index contributed by atoms with van der Waals surface area (Å²) in [6.45, 7) is 0. The van der Waals surface area contributed by atoms with Crippen LogP contribution in [0, 0.1) is 0 Å². The van der Waals surface area contributed by atoms with E-state index in [2.05, 4.69) is 5.32 Å². The molecule has 0 radical (unpaired) electrons. The zero-order valence-corrected chi connectivity index (χ0v) is 12.6. The van der Waals surface area contributed by atoms with Crippen LogP contribution < -0.4 is 10.2 Å². The van der Waals surface area contributed by atoms with Gasteiger partial charge < -0.3 is 0 Å². The molecule has 0 unspecified atom stereocenters. The number of carbonyl (C=O) groups excluding carboxylic acids is 3. The molecule has 4 amide bonds. The number of hydrogen-bond donors (Lipinski definition) is 1. The minimum Gasteiger partial charge on any atom is -0.273 e. The van der Waals surface area contributed by atoms with Crippen molar-refractivity contribution in [2.45, 2.75) is 0 Å². The number of benzene rings is 2. The smallest absolute Gasteiger partial charge is 0.273 e. The molecular weight excluding hydrogens is 316 g/mol. The summed E-state index contributed by atoms with van der Waals surface area (Å²) in [5.74, 6) is -1.41. The van der Waals surface area contributed by atoms with Gasteiger partial charge in [0.1, 0.15) is 5.57 Å². The van der Waals surface area contributed by atoms with Gasteiger partial charge in [-0.2, -0.15) is 0 Å². The normalized spacial score (nSPS) is 16.7. The number of imide groups is 2. The van der Waals surface area contributed by atoms with Gasteiger partial charge in [0.15, 0.2) is 0 Å². The van der Waals surface area contributed by atoms with Crippen LogP contribution in [-0.4, -0.2) is 17.8 Å². The topological polar surface area (TPSA) is 66.5 Å². The van der Waals surface area contributed by atoms with Gasteiger partial charge in [-0.3, -0.25) is 14.9 Å². The van der Waals surface area contributed by atoms with Crippen molar-refractivity contribution in [2.24, 2.45) is 0 Å². The quantitative estimate of drug-likeness (QED) is 0.681. The molecule has 0 bridgehead atoms. The maximum Gasteiger partial charge on any atom is 0.335 e. The Morgan fingerprint density at radius 1 is 0.957 bits per heavy atom. The van der Waals surface area contributed by atoms with E-state index in [1.807, 2.05) is 0 Å². The molecule has 0 saturated carbocycles. The predicted molar refractivity (Wildman–Crippen MR) is 86.9 cm³/mol. The number of nitrogens with one attached hydrogen (secondary N) is 1. The first-order chi connectivity index (χ1) is 11.1. The summed E-state index contributed by atoms with van der Waals surface area (Å²) in [6.07, 6.45) is 1.41. The van der Waals surface area contributed by atoms with Crippen molar-refractivity contribution in [1.82, 2.24) is 5.32 Å². The maximum absolute atomic E-state index is 12.6. The Bertz CT molecular complexity index is 831. The van der Waals surface area contributed by atoms with Gasteiger partial charge in [-0.25, -0.2) is 9.69 Å². The molecule has 1 aliphatic rings. The van der Waals surface area contributed by atoms with E-state index in [-0.39, 0.29) is 5.57 Å². The highest BCUT2D eigenvalue weighted by atomic mass is 35.5. The molecule has 6 heteroatoms. The number of nitrogens with zero attached hydrogens (tertiary/aromatic N) is 1. The zero-order chi connectivity index (χ0) is 16.4. The van der Waals surface area contributed by atoms with E-state index < -0.39 is 17.8 Å². The van der Waals surface area contributed by atoms with Crippen molar-refractivity contribution in [3.63, 3.8) is 0 Å². The standard InChI is InChI=1S/C17H11ClN2O3/c18-12-6-4-5-11(9-12)10-14-15(21)19-17(23)20(16(14)22)13-7-2-1-3-8-13/h1-10H,(H,19,21,23)/b14-10+. The fourth-order valence-corrected chi connectivity index (χ4v) is 2.43. The lowest BCUT2D eigenvalue weighted by molar-refractivity contribution is -0.122. The van der Waals surface area contributed by atoms with Gasteiger partial charge in [0.25, 0.3) is 11.8 Å². The van der Waals surface area contributed by atoms with E-state index in [1.54, 1.807) is 54.6 Å². The summed E-state index contributed by atoms with van der Waals surface area (Å²) in [6, 6.07) is 14.4. The van der Waals surface area contributed by atoms with E-state index in [9.17, 15) is 14.4 Å². The first-order valence-corrected chi connectivity index (χ1v) is 7.16. The van der Waals surface area contributed by atoms with Crippen LogP contribution in [0.15, 0.2) is 60.2 Å². The number of anilines is 1. The molecule has 2 aromatic carbocycles. The van der Waals surface area contributed by atoms with E-state index in [1.165, 1.54) is 6.08 Å². The predicted octanol–water partition coefficient (Wildman–Crippen LogP) is 3.01.